The summed E-state index contributed by atoms with van der Waals surface area (Å²) in [5, 5.41) is 16.0. The number of rotatable bonds is 5. The minimum Gasteiger partial charge on any atom is -0.305 e. The van der Waals surface area contributed by atoms with E-state index >= 15 is 0 Å². The molecule has 0 saturated carbocycles. The van der Waals surface area contributed by atoms with E-state index in [1.54, 1.807) is 10.9 Å². The number of aromatic nitrogens is 5. The van der Waals surface area contributed by atoms with E-state index in [4.69, 9.17) is 0 Å². The van der Waals surface area contributed by atoms with E-state index in [9.17, 15) is 0 Å². The summed E-state index contributed by atoms with van der Waals surface area (Å²) in [5.41, 5.74) is 3.28. The zero-order valence-corrected chi connectivity index (χ0v) is 11.7. The lowest BCUT2D eigenvalue weighted by molar-refractivity contribution is 0.553. The molecule has 0 aliphatic rings. The van der Waals surface area contributed by atoms with Crippen LogP contribution in [0.1, 0.15) is 30.6 Å². The molecule has 0 amide bonds. The first-order chi connectivity index (χ1) is 9.81. The van der Waals surface area contributed by atoms with Gasteiger partial charge in [0.2, 0.25) is 0 Å². The van der Waals surface area contributed by atoms with Gasteiger partial charge in [-0.25, -0.2) is 4.52 Å². The zero-order valence-electron chi connectivity index (χ0n) is 11.7. The highest BCUT2D eigenvalue weighted by Crippen LogP contribution is 2.24. The average molecular weight is 270 g/mol. The first-order valence-corrected chi connectivity index (χ1v) is 6.81. The van der Waals surface area contributed by atoms with Crippen LogP contribution >= 0.6 is 0 Å². The summed E-state index contributed by atoms with van der Waals surface area (Å²) in [6.45, 7) is 3.08. The van der Waals surface area contributed by atoms with Crippen LogP contribution in [0.5, 0.6) is 0 Å². The molecule has 0 aromatic carbocycles. The number of fused-ring (bicyclic) bond motifs is 1. The summed E-state index contributed by atoms with van der Waals surface area (Å²) in [7, 11) is 1.91. The Labute approximate surface area is 117 Å². The highest BCUT2D eigenvalue weighted by Gasteiger charge is 2.20. The van der Waals surface area contributed by atoms with Crippen LogP contribution in [-0.2, 0) is 7.05 Å². The summed E-state index contributed by atoms with van der Waals surface area (Å²) in [5.74, 6) is 0. The molecule has 0 saturated heterocycles. The van der Waals surface area contributed by atoms with Gasteiger partial charge < -0.3 is 5.32 Å². The molecule has 3 aromatic rings. The standard InChI is InChI=1S/C14H18N6/c1-3-7-15-14(13-10-16-18-19(13)2)11-9-17-20-8-5-4-6-12(11)20/h4-6,8-10,14-15H,3,7H2,1-2H3. The van der Waals surface area contributed by atoms with E-state index in [0.29, 0.717) is 0 Å². The molecule has 3 rings (SSSR count). The predicted molar refractivity (Wildman–Crippen MR) is 76.3 cm³/mol. The normalized spacial score (nSPS) is 12.9. The Kier molecular flexibility index (Phi) is 3.47. The van der Waals surface area contributed by atoms with Gasteiger partial charge in [0.05, 0.1) is 29.6 Å². The Morgan fingerprint density at radius 1 is 1.30 bits per heavy atom. The van der Waals surface area contributed by atoms with E-state index in [0.717, 1.165) is 29.7 Å². The van der Waals surface area contributed by atoms with Gasteiger partial charge in [-0.3, -0.25) is 4.68 Å². The van der Waals surface area contributed by atoms with Crippen molar-refractivity contribution < 1.29 is 0 Å². The van der Waals surface area contributed by atoms with Gasteiger partial charge in [-0.1, -0.05) is 18.2 Å². The van der Waals surface area contributed by atoms with Crippen molar-refractivity contribution in [2.75, 3.05) is 6.54 Å². The van der Waals surface area contributed by atoms with Gasteiger partial charge in [-0.2, -0.15) is 5.10 Å². The van der Waals surface area contributed by atoms with Crippen LogP contribution < -0.4 is 5.32 Å². The highest BCUT2D eigenvalue weighted by molar-refractivity contribution is 5.56. The van der Waals surface area contributed by atoms with E-state index in [1.807, 2.05) is 36.1 Å². The number of aryl methyl sites for hydroxylation is 1. The van der Waals surface area contributed by atoms with Gasteiger partial charge in [0.25, 0.3) is 0 Å². The van der Waals surface area contributed by atoms with Crippen LogP contribution in [-0.4, -0.2) is 31.2 Å². The molecule has 1 atom stereocenters. The number of nitrogens with one attached hydrogen (secondary N) is 1. The summed E-state index contributed by atoms with van der Waals surface area (Å²) < 4.78 is 3.69. The van der Waals surface area contributed by atoms with Crippen LogP contribution in [0.4, 0.5) is 0 Å². The molecule has 6 heteroatoms. The number of hydrogen-bond acceptors (Lipinski definition) is 4. The Bertz CT molecular complexity index is 698. The maximum Gasteiger partial charge on any atom is 0.0801 e. The fourth-order valence-corrected chi connectivity index (χ4v) is 2.40. The Hall–Kier alpha value is -2.21. The van der Waals surface area contributed by atoms with Crippen molar-refractivity contribution >= 4 is 5.52 Å². The van der Waals surface area contributed by atoms with Gasteiger partial charge >= 0.3 is 0 Å². The van der Waals surface area contributed by atoms with Gasteiger partial charge in [-0.15, -0.1) is 5.10 Å². The van der Waals surface area contributed by atoms with Crippen molar-refractivity contribution in [3.8, 4) is 0 Å². The lowest BCUT2D eigenvalue weighted by Gasteiger charge is -2.17. The topological polar surface area (TPSA) is 60.0 Å². The quantitative estimate of drug-likeness (QED) is 0.764. The minimum absolute atomic E-state index is 0.0508. The summed E-state index contributed by atoms with van der Waals surface area (Å²) in [4.78, 5) is 0. The van der Waals surface area contributed by atoms with Crippen LogP contribution in [0.3, 0.4) is 0 Å². The minimum atomic E-state index is 0.0508. The first kappa shape index (κ1) is 12.8. The largest absolute Gasteiger partial charge is 0.305 e. The lowest BCUT2D eigenvalue weighted by Crippen LogP contribution is -2.25. The average Bonchev–Trinajstić information content (AvgIpc) is 3.07. The second kappa shape index (κ2) is 5.42. The van der Waals surface area contributed by atoms with E-state index in [1.165, 1.54) is 0 Å². The molecular formula is C14H18N6. The molecule has 0 aliphatic heterocycles. The van der Waals surface area contributed by atoms with Crippen molar-refractivity contribution in [3.05, 3.63) is 48.0 Å². The highest BCUT2D eigenvalue weighted by atomic mass is 15.4. The molecule has 20 heavy (non-hydrogen) atoms. The summed E-state index contributed by atoms with van der Waals surface area (Å²) in [6, 6.07) is 6.13. The van der Waals surface area contributed by atoms with Crippen LogP contribution in [0.2, 0.25) is 0 Å². The Balaban J connectivity index is 2.07. The lowest BCUT2D eigenvalue weighted by atomic mass is 10.1. The molecular weight excluding hydrogens is 252 g/mol. The second-order valence-electron chi connectivity index (χ2n) is 4.80. The molecule has 0 radical (unpaired) electrons. The molecule has 0 aliphatic carbocycles. The maximum atomic E-state index is 4.41. The molecule has 104 valence electrons. The van der Waals surface area contributed by atoms with E-state index in [-0.39, 0.29) is 6.04 Å². The SMILES string of the molecule is CCCNC(c1cnn2ccccc12)c1cnnn1C. The van der Waals surface area contributed by atoms with Crippen LogP contribution in [0.25, 0.3) is 5.52 Å². The molecule has 1 N–H and O–H groups in total. The first-order valence-electron chi connectivity index (χ1n) is 6.81. The molecule has 1 unspecified atom stereocenters. The number of hydrogen-bond donors (Lipinski definition) is 1. The van der Waals surface area contributed by atoms with Crippen molar-refractivity contribution in [1.29, 1.82) is 0 Å². The number of nitrogens with zero attached hydrogens (tertiary/aromatic N) is 5. The Morgan fingerprint density at radius 2 is 2.20 bits per heavy atom. The van der Waals surface area contributed by atoms with E-state index in [2.05, 4.69) is 33.7 Å². The number of pyridine rings is 1. The third-order valence-corrected chi connectivity index (χ3v) is 3.41. The van der Waals surface area contributed by atoms with Crippen LogP contribution in [0.15, 0.2) is 36.8 Å². The van der Waals surface area contributed by atoms with Crippen molar-refractivity contribution in [1.82, 2.24) is 29.9 Å². The van der Waals surface area contributed by atoms with E-state index < -0.39 is 0 Å². The van der Waals surface area contributed by atoms with Crippen molar-refractivity contribution in [2.45, 2.75) is 19.4 Å². The molecule has 3 aromatic heterocycles. The predicted octanol–water partition coefficient (Wildman–Crippen LogP) is 1.55. The maximum absolute atomic E-state index is 4.41. The second-order valence-corrected chi connectivity index (χ2v) is 4.80. The fourth-order valence-electron chi connectivity index (χ4n) is 2.40. The monoisotopic (exact) mass is 270 g/mol. The molecule has 0 fully saturated rings. The zero-order chi connectivity index (χ0) is 13.9. The van der Waals surface area contributed by atoms with Gasteiger partial charge in [-0.05, 0) is 25.1 Å². The summed E-state index contributed by atoms with van der Waals surface area (Å²) in [6.07, 6.45) is 6.74. The van der Waals surface area contributed by atoms with Crippen molar-refractivity contribution in [3.63, 3.8) is 0 Å². The molecule has 0 bridgehead atoms. The third-order valence-electron chi connectivity index (χ3n) is 3.41. The van der Waals surface area contributed by atoms with Gasteiger partial charge in [0, 0.05) is 18.8 Å². The van der Waals surface area contributed by atoms with Gasteiger partial charge in [0.1, 0.15) is 0 Å². The Morgan fingerprint density at radius 3 is 2.95 bits per heavy atom. The molecule has 3 heterocycles. The van der Waals surface area contributed by atoms with Crippen molar-refractivity contribution in [2.24, 2.45) is 7.05 Å². The molecule has 0 spiro atoms. The molecule has 6 nitrogen and oxygen atoms in total. The third kappa shape index (κ3) is 2.18. The fraction of sp³-hybridized carbons (Fsp3) is 0.357. The van der Waals surface area contributed by atoms with Crippen LogP contribution in [0, 0.1) is 0 Å². The summed E-state index contributed by atoms with van der Waals surface area (Å²) >= 11 is 0. The smallest absolute Gasteiger partial charge is 0.0801 e. The van der Waals surface area contributed by atoms with Gasteiger partial charge in [0.15, 0.2) is 0 Å².